The Hall–Kier alpha value is -2.00. The predicted molar refractivity (Wildman–Crippen MR) is 102 cm³/mol. The minimum absolute atomic E-state index is 0.0893. The third-order valence-corrected chi connectivity index (χ3v) is 6.73. The third-order valence-electron chi connectivity index (χ3n) is 3.89. The van der Waals surface area contributed by atoms with Gasteiger partial charge in [0.2, 0.25) is 5.78 Å². The van der Waals surface area contributed by atoms with Crippen LogP contribution in [0, 0.1) is 10.1 Å². The fourth-order valence-corrected chi connectivity index (χ4v) is 5.18. The van der Waals surface area contributed by atoms with Gasteiger partial charge in [-0.3, -0.25) is 14.9 Å². The molecule has 7 nitrogen and oxygen atoms in total. The molecule has 1 unspecified atom stereocenters. The number of imidazole rings is 1. The molecule has 0 saturated carbocycles. The Morgan fingerprint density at radius 2 is 2.32 bits per heavy atom. The summed E-state index contributed by atoms with van der Waals surface area (Å²) in [7, 11) is 1.71. The van der Waals surface area contributed by atoms with E-state index >= 15 is 0 Å². The maximum atomic E-state index is 12.5. The summed E-state index contributed by atoms with van der Waals surface area (Å²) in [4.78, 5) is 27.5. The molecule has 2 heterocycles. The van der Waals surface area contributed by atoms with E-state index in [4.69, 9.17) is 0 Å². The molecule has 0 amide bonds. The zero-order chi connectivity index (χ0) is 17.8. The molecular formula is C16H18N4O3S2. The Morgan fingerprint density at radius 1 is 1.48 bits per heavy atom. The molecule has 3 rings (SSSR count). The molecule has 1 atom stereocenters. The van der Waals surface area contributed by atoms with Crippen LogP contribution >= 0.6 is 23.5 Å². The van der Waals surface area contributed by atoms with Crippen molar-refractivity contribution in [3.05, 3.63) is 52.1 Å². The van der Waals surface area contributed by atoms with Gasteiger partial charge in [0.25, 0.3) is 5.69 Å². The summed E-state index contributed by atoms with van der Waals surface area (Å²) < 4.78 is 1.60. The zero-order valence-electron chi connectivity index (χ0n) is 13.7. The van der Waals surface area contributed by atoms with Crippen LogP contribution in [0.15, 0.2) is 30.6 Å². The van der Waals surface area contributed by atoms with E-state index in [1.807, 2.05) is 23.5 Å². The van der Waals surface area contributed by atoms with Crippen molar-refractivity contribution in [3.8, 4) is 0 Å². The van der Waals surface area contributed by atoms with Gasteiger partial charge in [0, 0.05) is 60.1 Å². The molecule has 9 heteroatoms. The molecule has 0 spiro atoms. The van der Waals surface area contributed by atoms with Crippen LogP contribution < -0.4 is 5.32 Å². The number of rotatable bonds is 6. The lowest BCUT2D eigenvalue weighted by Crippen LogP contribution is -2.23. The normalized spacial score (nSPS) is 17.2. The summed E-state index contributed by atoms with van der Waals surface area (Å²) in [5.74, 6) is 3.23. The number of anilines is 1. The summed E-state index contributed by atoms with van der Waals surface area (Å²) in [5, 5.41) is 15.0. The highest BCUT2D eigenvalue weighted by atomic mass is 32.2. The molecule has 1 aromatic carbocycles. The van der Waals surface area contributed by atoms with Crippen molar-refractivity contribution >= 4 is 40.7 Å². The van der Waals surface area contributed by atoms with Gasteiger partial charge >= 0.3 is 0 Å². The van der Waals surface area contributed by atoms with Crippen LogP contribution in [0.2, 0.25) is 0 Å². The number of benzene rings is 1. The Balaban J connectivity index is 1.79. The van der Waals surface area contributed by atoms with Crippen LogP contribution in [0.4, 0.5) is 11.4 Å². The molecule has 1 saturated heterocycles. The number of hydrogen-bond donors (Lipinski definition) is 1. The number of aromatic nitrogens is 2. The minimum Gasteiger partial charge on any atom is -0.378 e. The lowest BCUT2D eigenvalue weighted by atomic mass is 10.1. The number of nitrogens with one attached hydrogen (secondary N) is 1. The zero-order valence-corrected chi connectivity index (χ0v) is 15.3. The highest BCUT2D eigenvalue weighted by molar-refractivity contribution is 8.06. The van der Waals surface area contributed by atoms with Gasteiger partial charge in [-0.1, -0.05) is 0 Å². The molecule has 1 aliphatic rings. The highest BCUT2D eigenvalue weighted by Gasteiger charge is 2.21. The van der Waals surface area contributed by atoms with Gasteiger partial charge in [-0.15, -0.1) is 0 Å². The average molecular weight is 378 g/mol. The van der Waals surface area contributed by atoms with E-state index in [2.05, 4.69) is 10.3 Å². The van der Waals surface area contributed by atoms with Crippen LogP contribution in [0.25, 0.3) is 0 Å². The maximum absolute atomic E-state index is 12.5. The molecule has 25 heavy (non-hydrogen) atoms. The van der Waals surface area contributed by atoms with E-state index in [0.29, 0.717) is 17.5 Å². The fourth-order valence-electron chi connectivity index (χ4n) is 2.57. The van der Waals surface area contributed by atoms with Crippen LogP contribution in [0.1, 0.15) is 16.2 Å². The number of ketones is 1. The number of nitro groups is 1. The van der Waals surface area contributed by atoms with Gasteiger partial charge in [0.05, 0.1) is 4.92 Å². The molecule has 0 bridgehead atoms. The number of thioether (sulfide) groups is 2. The fraction of sp³-hybridized carbons (Fsp3) is 0.375. The van der Waals surface area contributed by atoms with Gasteiger partial charge in [0.1, 0.15) is 5.69 Å². The van der Waals surface area contributed by atoms with Crippen molar-refractivity contribution in [2.75, 3.05) is 29.1 Å². The highest BCUT2D eigenvalue weighted by Crippen LogP contribution is 2.29. The van der Waals surface area contributed by atoms with E-state index in [1.54, 1.807) is 29.9 Å². The van der Waals surface area contributed by atoms with Crippen LogP contribution in [0.3, 0.4) is 0 Å². The van der Waals surface area contributed by atoms with Gasteiger partial charge in [0.15, 0.2) is 5.82 Å². The minimum atomic E-state index is -0.458. The first kappa shape index (κ1) is 17.8. The molecule has 1 N–H and O–H groups in total. The first-order valence-corrected chi connectivity index (χ1v) is 10.0. The third kappa shape index (κ3) is 4.16. The lowest BCUT2D eigenvalue weighted by molar-refractivity contribution is -0.384. The van der Waals surface area contributed by atoms with Gasteiger partial charge in [-0.25, -0.2) is 4.98 Å². The Kier molecular flexibility index (Phi) is 5.64. The maximum Gasteiger partial charge on any atom is 0.293 e. The van der Waals surface area contributed by atoms with Crippen molar-refractivity contribution in [1.82, 2.24) is 9.55 Å². The lowest BCUT2D eigenvalue weighted by Gasteiger charge is -2.21. The Bertz CT molecular complexity index is 787. The molecular weight excluding hydrogens is 360 g/mol. The molecule has 0 aliphatic carbocycles. The predicted octanol–water partition coefficient (Wildman–Crippen LogP) is 2.82. The molecule has 1 fully saturated rings. The van der Waals surface area contributed by atoms with Crippen LogP contribution in [0.5, 0.6) is 0 Å². The number of nitro benzene ring substituents is 1. The molecule has 2 aromatic rings. The summed E-state index contributed by atoms with van der Waals surface area (Å²) >= 11 is 3.79. The second kappa shape index (κ2) is 7.92. The Morgan fingerprint density at radius 3 is 2.96 bits per heavy atom. The summed E-state index contributed by atoms with van der Waals surface area (Å²) in [6.45, 7) is 0.672. The largest absolute Gasteiger partial charge is 0.378 e. The van der Waals surface area contributed by atoms with Crippen molar-refractivity contribution < 1.29 is 9.72 Å². The van der Waals surface area contributed by atoms with Crippen molar-refractivity contribution in [1.29, 1.82) is 0 Å². The summed E-state index contributed by atoms with van der Waals surface area (Å²) in [5.41, 5.74) is 0.611. The smallest absolute Gasteiger partial charge is 0.293 e. The van der Waals surface area contributed by atoms with Gasteiger partial charge < -0.3 is 9.88 Å². The number of aryl methyl sites for hydroxylation is 1. The van der Waals surface area contributed by atoms with E-state index in [-0.39, 0.29) is 22.9 Å². The van der Waals surface area contributed by atoms with Crippen molar-refractivity contribution in [3.63, 3.8) is 0 Å². The van der Waals surface area contributed by atoms with E-state index in [9.17, 15) is 14.9 Å². The molecule has 0 radical (unpaired) electrons. The second-order valence-electron chi connectivity index (χ2n) is 5.63. The van der Waals surface area contributed by atoms with E-state index < -0.39 is 4.92 Å². The molecule has 132 valence electrons. The van der Waals surface area contributed by atoms with Crippen LogP contribution in [-0.4, -0.2) is 49.3 Å². The van der Waals surface area contributed by atoms with Crippen LogP contribution in [-0.2, 0) is 7.05 Å². The molecule has 1 aliphatic heterocycles. The number of nitrogens with zero attached hydrogens (tertiary/aromatic N) is 3. The van der Waals surface area contributed by atoms with Crippen molar-refractivity contribution in [2.24, 2.45) is 7.05 Å². The topological polar surface area (TPSA) is 90.1 Å². The Labute approximate surface area is 153 Å². The SMILES string of the molecule is Cn1ccnc1C(=O)c1ccc(NCC2CSCCS2)c([N+](=O)[O-])c1. The number of carbonyl (C=O) groups is 1. The van der Waals surface area contributed by atoms with Gasteiger partial charge in [-0.2, -0.15) is 23.5 Å². The summed E-state index contributed by atoms with van der Waals surface area (Å²) in [6, 6.07) is 4.53. The van der Waals surface area contributed by atoms with Gasteiger partial charge in [-0.05, 0) is 12.1 Å². The van der Waals surface area contributed by atoms with Crippen molar-refractivity contribution in [2.45, 2.75) is 5.25 Å². The monoisotopic (exact) mass is 378 g/mol. The standard InChI is InChI=1S/C16H18N4O3S2/c1-19-5-4-17-16(19)15(21)11-2-3-13(14(8-11)20(22)23)18-9-12-10-24-6-7-25-12/h2-5,8,12,18H,6-7,9-10H2,1H3. The first-order chi connectivity index (χ1) is 12.1. The second-order valence-corrected chi connectivity index (χ2v) is 8.19. The average Bonchev–Trinajstić information content (AvgIpc) is 3.06. The molecule has 1 aromatic heterocycles. The first-order valence-electron chi connectivity index (χ1n) is 7.80. The van der Waals surface area contributed by atoms with E-state index in [1.165, 1.54) is 12.3 Å². The summed E-state index contributed by atoms with van der Waals surface area (Å²) in [6.07, 6.45) is 3.19. The quantitative estimate of drug-likeness (QED) is 0.469. The van der Waals surface area contributed by atoms with E-state index in [0.717, 1.165) is 17.3 Å². The number of hydrogen-bond acceptors (Lipinski definition) is 7. The number of carbonyl (C=O) groups excluding carboxylic acids is 1.